The Morgan fingerprint density at radius 1 is 1.08 bits per heavy atom. The molecule has 1 fully saturated rings. The number of hydrogen-bond acceptors (Lipinski definition) is 4. The number of benzene rings is 2. The number of ether oxygens (including phenoxy) is 1. The summed E-state index contributed by atoms with van der Waals surface area (Å²) in [7, 11) is 0. The van der Waals surface area contributed by atoms with Crippen molar-refractivity contribution in [3.8, 4) is 0 Å². The molecule has 0 amide bonds. The first-order chi connectivity index (χ1) is 12.2. The molecule has 3 rings (SSSR count). The molecule has 0 unspecified atom stereocenters. The van der Waals surface area contributed by atoms with E-state index < -0.39 is 0 Å². The van der Waals surface area contributed by atoms with Crippen molar-refractivity contribution in [2.75, 3.05) is 43.2 Å². The summed E-state index contributed by atoms with van der Waals surface area (Å²) in [6.45, 7) is 4.63. The van der Waals surface area contributed by atoms with Crippen molar-refractivity contribution >= 4 is 40.5 Å². The normalized spacial score (nSPS) is 14.9. The fourth-order valence-electron chi connectivity index (χ4n) is 2.71. The maximum absolute atomic E-state index is 5.41. The highest BCUT2D eigenvalue weighted by molar-refractivity contribution is 7.98. The molecule has 2 N–H and O–H groups in total. The van der Waals surface area contributed by atoms with Gasteiger partial charge in [-0.3, -0.25) is 4.90 Å². The highest BCUT2D eigenvalue weighted by Gasteiger charge is 2.10. The van der Waals surface area contributed by atoms with Crippen molar-refractivity contribution in [3.05, 3.63) is 54.1 Å². The second-order valence-electron chi connectivity index (χ2n) is 5.90. The topological polar surface area (TPSA) is 36.5 Å². The van der Waals surface area contributed by atoms with Crippen LogP contribution in [-0.2, 0) is 11.3 Å². The lowest BCUT2D eigenvalue weighted by Gasteiger charge is -2.26. The zero-order valence-electron chi connectivity index (χ0n) is 14.3. The smallest absolute Gasteiger partial charge is 0.175 e. The van der Waals surface area contributed by atoms with Gasteiger partial charge in [-0.25, -0.2) is 0 Å². The highest BCUT2D eigenvalue weighted by Crippen LogP contribution is 2.19. The third-order valence-corrected chi connectivity index (χ3v) is 4.98. The molecule has 132 valence electrons. The van der Waals surface area contributed by atoms with Gasteiger partial charge < -0.3 is 15.4 Å². The van der Waals surface area contributed by atoms with E-state index in [0.29, 0.717) is 5.11 Å². The molecule has 0 bridgehead atoms. The van der Waals surface area contributed by atoms with Crippen LogP contribution in [0.5, 0.6) is 0 Å². The minimum atomic E-state index is 0.596. The predicted molar refractivity (Wildman–Crippen MR) is 111 cm³/mol. The molecular weight excluding hydrogens is 350 g/mol. The van der Waals surface area contributed by atoms with Crippen molar-refractivity contribution in [3.63, 3.8) is 0 Å². The fourth-order valence-corrected chi connectivity index (χ4v) is 3.40. The molecule has 1 aliphatic heterocycles. The molecule has 2 aromatic rings. The maximum Gasteiger partial charge on any atom is 0.175 e. The monoisotopic (exact) mass is 373 g/mol. The molecule has 1 saturated heterocycles. The van der Waals surface area contributed by atoms with Crippen molar-refractivity contribution in [2.24, 2.45) is 0 Å². The van der Waals surface area contributed by atoms with E-state index in [4.69, 9.17) is 17.0 Å². The Kier molecular flexibility index (Phi) is 6.69. The molecule has 1 aliphatic rings. The molecule has 0 aliphatic carbocycles. The van der Waals surface area contributed by atoms with Crippen molar-refractivity contribution in [2.45, 2.75) is 11.4 Å². The lowest BCUT2D eigenvalue weighted by atomic mass is 10.2. The molecule has 1 heterocycles. The zero-order valence-corrected chi connectivity index (χ0v) is 16.0. The molecule has 25 heavy (non-hydrogen) atoms. The molecule has 4 nitrogen and oxygen atoms in total. The number of nitrogens with one attached hydrogen (secondary N) is 2. The third kappa shape index (κ3) is 5.71. The Labute approximate surface area is 158 Å². The van der Waals surface area contributed by atoms with Gasteiger partial charge in [0.2, 0.25) is 0 Å². The number of rotatable bonds is 5. The average molecular weight is 374 g/mol. The van der Waals surface area contributed by atoms with E-state index in [1.54, 1.807) is 11.8 Å². The van der Waals surface area contributed by atoms with Crippen LogP contribution in [0.1, 0.15) is 5.56 Å². The summed E-state index contributed by atoms with van der Waals surface area (Å²) in [6.07, 6.45) is 2.06. The van der Waals surface area contributed by atoms with Crippen LogP contribution in [0.2, 0.25) is 0 Å². The highest BCUT2D eigenvalue weighted by atomic mass is 32.2. The SMILES string of the molecule is CSc1cccc(NC(=S)Nc2ccc(CN3CCOCC3)cc2)c1. The second kappa shape index (κ2) is 9.20. The number of thiocarbonyl (C=S) groups is 1. The number of morpholine rings is 1. The van der Waals surface area contributed by atoms with Gasteiger partial charge in [0.1, 0.15) is 0 Å². The average Bonchev–Trinajstić information content (AvgIpc) is 2.64. The van der Waals surface area contributed by atoms with Crippen LogP contribution in [0.25, 0.3) is 0 Å². The molecule has 0 spiro atoms. The molecule has 0 radical (unpaired) electrons. The van der Waals surface area contributed by atoms with Gasteiger partial charge in [-0.05, 0) is 54.4 Å². The van der Waals surface area contributed by atoms with Gasteiger partial charge in [-0.1, -0.05) is 18.2 Å². The lowest BCUT2D eigenvalue weighted by Crippen LogP contribution is -2.35. The van der Waals surface area contributed by atoms with E-state index in [1.807, 2.05) is 12.1 Å². The summed E-state index contributed by atoms with van der Waals surface area (Å²) in [5.41, 5.74) is 3.29. The molecule has 0 aromatic heterocycles. The first-order valence-electron chi connectivity index (χ1n) is 8.34. The van der Waals surface area contributed by atoms with Crippen molar-refractivity contribution in [1.82, 2.24) is 4.90 Å². The van der Waals surface area contributed by atoms with Gasteiger partial charge in [-0.2, -0.15) is 0 Å². The fraction of sp³-hybridized carbons (Fsp3) is 0.316. The van der Waals surface area contributed by atoms with Crippen LogP contribution in [0, 0.1) is 0 Å². The second-order valence-corrected chi connectivity index (χ2v) is 7.18. The molecule has 6 heteroatoms. The Balaban J connectivity index is 1.52. The summed E-state index contributed by atoms with van der Waals surface area (Å²) >= 11 is 7.12. The summed E-state index contributed by atoms with van der Waals surface area (Å²) in [5, 5.41) is 7.07. The summed E-state index contributed by atoms with van der Waals surface area (Å²) in [4.78, 5) is 3.62. The predicted octanol–water partition coefficient (Wildman–Crippen LogP) is 4.05. The number of nitrogens with zero attached hydrogens (tertiary/aromatic N) is 1. The van der Waals surface area contributed by atoms with Crippen LogP contribution in [-0.4, -0.2) is 42.6 Å². The van der Waals surface area contributed by atoms with E-state index in [2.05, 4.69) is 58.2 Å². The first kappa shape index (κ1) is 18.2. The Morgan fingerprint density at radius 3 is 2.52 bits per heavy atom. The van der Waals surface area contributed by atoms with Gasteiger partial charge in [0, 0.05) is 35.9 Å². The standard InChI is InChI=1S/C19H23N3OS2/c1-25-18-4-2-3-17(13-18)21-19(24)20-16-7-5-15(6-8-16)14-22-9-11-23-12-10-22/h2-8,13H,9-12,14H2,1H3,(H2,20,21,24). The van der Waals surface area contributed by atoms with E-state index in [-0.39, 0.29) is 0 Å². The largest absolute Gasteiger partial charge is 0.379 e. The Bertz CT molecular complexity index is 700. The van der Waals surface area contributed by atoms with Crippen LogP contribution in [0.15, 0.2) is 53.4 Å². The Morgan fingerprint density at radius 2 is 1.80 bits per heavy atom. The number of hydrogen-bond donors (Lipinski definition) is 2. The van der Waals surface area contributed by atoms with Gasteiger partial charge in [0.15, 0.2) is 5.11 Å². The van der Waals surface area contributed by atoms with Crippen LogP contribution < -0.4 is 10.6 Å². The lowest BCUT2D eigenvalue weighted by molar-refractivity contribution is 0.0342. The van der Waals surface area contributed by atoms with E-state index in [0.717, 1.165) is 44.2 Å². The van der Waals surface area contributed by atoms with Gasteiger partial charge >= 0.3 is 0 Å². The minimum absolute atomic E-state index is 0.596. The Hall–Kier alpha value is -1.60. The quantitative estimate of drug-likeness (QED) is 0.608. The van der Waals surface area contributed by atoms with E-state index in [1.165, 1.54) is 10.5 Å². The minimum Gasteiger partial charge on any atom is -0.379 e. The van der Waals surface area contributed by atoms with Gasteiger partial charge in [0.25, 0.3) is 0 Å². The summed E-state index contributed by atoms with van der Waals surface area (Å²) in [5.74, 6) is 0. The van der Waals surface area contributed by atoms with Crippen LogP contribution >= 0.6 is 24.0 Å². The van der Waals surface area contributed by atoms with Crippen LogP contribution in [0.4, 0.5) is 11.4 Å². The van der Waals surface area contributed by atoms with Crippen molar-refractivity contribution in [1.29, 1.82) is 0 Å². The van der Waals surface area contributed by atoms with E-state index in [9.17, 15) is 0 Å². The van der Waals surface area contributed by atoms with Crippen LogP contribution in [0.3, 0.4) is 0 Å². The van der Waals surface area contributed by atoms with Gasteiger partial charge in [0.05, 0.1) is 13.2 Å². The number of anilines is 2. The van der Waals surface area contributed by atoms with E-state index >= 15 is 0 Å². The summed E-state index contributed by atoms with van der Waals surface area (Å²) in [6, 6.07) is 16.6. The molecule has 0 atom stereocenters. The maximum atomic E-state index is 5.41. The first-order valence-corrected chi connectivity index (χ1v) is 9.97. The zero-order chi connectivity index (χ0) is 17.5. The molecular formula is C19H23N3OS2. The number of thioether (sulfide) groups is 1. The molecule has 2 aromatic carbocycles. The molecule has 0 saturated carbocycles. The van der Waals surface area contributed by atoms with Gasteiger partial charge in [-0.15, -0.1) is 11.8 Å². The summed E-state index contributed by atoms with van der Waals surface area (Å²) < 4.78 is 5.39. The third-order valence-electron chi connectivity index (χ3n) is 4.05. The van der Waals surface area contributed by atoms with Crippen molar-refractivity contribution < 1.29 is 4.74 Å².